The van der Waals surface area contributed by atoms with Crippen LogP contribution >= 0.6 is 36.4 Å². The third-order valence-electron chi connectivity index (χ3n) is 3.44. The molecule has 0 radical (unpaired) electrons. The van der Waals surface area contributed by atoms with Gasteiger partial charge in [-0.1, -0.05) is 11.6 Å². The van der Waals surface area contributed by atoms with Crippen molar-refractivity contribution in [3.8, 4) is 0 Å². The van der Waals surface area contributed by atoms with Crippen molar-refractivity contribution in [2.45, 2.75) is 12.2 Å². The highest BCUT2D eigenvalue weighted by Gasteiger charge is 2.43. The first-order valence-corrected chi connectivity index (χ1v) is 7.16. The van der Waals surface area contributed by atoms with E-state index < -0.39 is 24.7 Å². The molecule has 0 aliphatic carbocycles. The SMILES string of the molecule is Cl.Cl.O=C(NCC(N1CCNCC1)C(F)(F)F)c1ccncc1Cl. The van der Waals surface area contributed by atoms with E-state index in [1.165, 1.54) is 23.4 Å². The number of hydrogen-bond donors (Lipinski definition) is 2. The number of rotatable bonds is 4. The molecular formula is C13H18Cl3F3N4O. The lowest BCUT2D eigenvalue weighted by atomic mass is 10.2. The van der Waals surface area contributed by atoms with E-state index in [4.69, 9.17) is 11.6 Å². The number of alkyl halides is 3. The molecular weight excluding hydrogens is 392 g/mol. The summed E-state index contributed by atoms with van der Waals surface area (Å²) >= 11 is 5.81. The largest absolute Gasteiger partial charge is 0.405 e. The average molecular weight is 410 g/mol. The van der Waals surface area contributed by atoms with Crippen LogP contribution < -0.4 is 10.6 Å². The number of pyridine rings is 1. The number of piperazine rings is 1. The Labute approximate surface area is 155 Å². The van der Waals surface area contributed by atoms with Crippen molar-refractivity contribution in [3.63, 3.8) is 0 Å². The molecule has 2 heterocycles. The summed E-state index contributed by atoms with van der Waals surface area (Å²) in [6.07, 6.45) is -1.78. The van der Waals surface area contributed by atoms with Gasteiger partial charge in [-0.15, -0.1) is 24.8 Å². The predicted molar refractivity (Wildman–Crippen MR) is 90.4 cm³/mol. The van der Waals surface area contributed by atoms with Crippen molar-refractivity contribution in [2.75, 3.05) is 32.7 Å². The smallest absolute Gasteiger partial charge is 0.350 e. The fourth-order valence-electron chi connectivity index (χ4n) is 2.29. The van der Waals surface area contributed by atoms with Crippen LogP contribution in [-0.2, 0) is 0 Å². The van der Waals surface area contributed by atoms with E-state index in [1.54, 1.807) is 0 Å². The Morgan fingerprint density at radius 3 is 2.54 bits per heavy atom. The minimum Gasteiger partial charge on any atom is -0.350 e. The van der Waals surface area contributed by atoms with Gasteiger partial charge in [-0.2, -0.15) is 13.2 Å². The highest BCUT2D eigenvalue weighted by Crippen LogP contribution is 2.25. The van der Waals surface area contributed by atoms with E-state index in [2.05, 4.69) is 15.6 Å². The van der Waals surface area contributed by atoms with E-state index in [0.717, 1.165) is 0 Å². The maximum atomic E-state index is 13.2. The predicted octanol–water partition coefficient (Wildman–Crippen LogP) is 2.14. The number of carbonyl (C=O) groups excluding carboxylic acids is 1. The third-order valence-corrected chi connectivity index (χ3v) is 3.74. The first kappa shape index (κ1) is 23.2. The van der Waals surface area contributed by atoms with Gasteiger partial charge in [0, 0.05) is 45.1 Å². The molecule has 0 bridgehead atoms. The molecule has 1 unspecified atom stereocenters. The molecule has 1 amide bonds. The zero-order valence-electron chi connectivity index (χ0n) is 12.5. The number of nitrogens with one attached hydrogen (secondary N) is 2. The van der Waals surface area contributed by atoms with Crippen LogP contribution in [0.2, 0.25) is 5.02 Å². The summed E-state index contributed by atoms with van der Waals surface area (Å²) in [5.74, 6) is -0.642. The van der Waals surface area contributed by atoms with Crippen LogP contribution in [0.25, 0.3) is 0 Å². The Bertz CT molecular complexity index is 527. The quantitative estimate of drug-likeness (QED) is 0.800. The lowest BCUT2D eigenvalue weighted by molar-refractivity contribution is -0.183. The number of amides is 1. The maximum Gasteiger partial charge on any atom is 0.405 e. The van der Waals surface area contributed by atoms with E-state index in [0.29, 0.717) is 13.1 Å². The fourth-order valence-corrected chi connectivity index (χ4v) is 2.49. The zero-order valence-corrected chi connectivity index (χ0v) is 14.9. The van der Waals surface area contributed by atoms with E-state index in [-0.39, 0.29) is 48.5 Å². The van der Waals surface area contributed by atoms with Crippen LogP contribution in [-0.4, -0.2) is 60.7 Å². The summed E-state index contributed by atoms with van der Waals surface area (Å²) in [6.45, 7) is 1.06. The third kappa shape index (κ3) is 6.25. The van der Waals surface area contributed by atoms with Crippen molar-refractivity contribution in [2.24, 2.45) is 0 Å². The maximum absolute atomic E-state index is 13.2. The Morgan fingerprint density at radius 2 is 2.00 bits per heavy atom. The molecule has 2 N–H and O–H groups in total. The number of carbonyl (C=O) groups is 1. The van der Waals surface area contributed by atoms with Crippen molar-refractivity contribution < 1.29 is 18.0 Å². The van der Waals surface area contributed by atoms with Crippen LogP contribution in [0.15, 0.2) is 18.5 Å². The molecule has 2 rings (SSSR count). The first-order chi connectivity index (χ1) is 10.4. The van der Waals surface area contributed by atoms with Crippen molar-refractivity contribution >= 4 is 42.3 Å². The molecule has 24 heavy (non-hydrogen) atoms. The molecule has 1 aliphatic heterocycles. The number of nitrogens with zero attached hydrogens (tertiary/aromatic N) is 2. The minimum absolute atomic E-state index is 0. The summed E-state index contributed by atoms with van der Waals surface area (Å²) in [6, 6.07) is -0.343. The Kier molecular flexibility index (Phi) is 9.91. The van der Waals surface area contributed by atoms with Crippen LogP contribution in [0.1, 0.15) is 10.4 Å². The molecule has 1 aliphatic rings. The second-order valence-electron chi connectivity index (χ2n) is 4.91. The van der Waals surface area contributed by atoms with Crippen LogP contribution in [0.4, 0.5) is 13.2 Å². The standard InChI is InChI=1S/C13H16ClF3N4O.2ClH/c14-10-7-19-2-1-9(10)12(22)20-8-11(13(15,16)17)21-5-3-18-4-6-21;;/h1-2,7,11,18H,3-6,8H2,(H,20,22);2*1H. The van der Waals surface area contributed by atoms with Crippen molar-refractivity contribution in [1.29, 1.82) is 0 Å². The van der Waals surface area contributed by atoms with Crippen LogP contribution in [0, 0.1) is 0 Å². The highest BCUT2D eigenvalue weighted by molar-refractivity contribution is 6.33. The lowest BCUT2D eigenvalue weighted by Crippen LogP contribution is -2.57. The molecule has 138 valence electrons. The molecule has 1 atom stereocenters. The van der Waals surface area contributed by atoms with Gasteiger partial charge >= 0.3 is 6.18 Å². The molecule has 0 saturated carbocycles. The van der Waals surface area contributed by atoms with Gasteiger partial charge in [-0.05, 0) is 6.07 Å². The number of hydrogen-bond acceptors (Lipinski definition) is 4. The van der Waals surface area contributed by atoms with Gasteiger partial charge in [0.2, 0.25) is 0 Å². The fraction of sp³-hybridized carbons (Fsp3) is 0.538. The van der Waals surface area contributed by atoms with Gasteiger partial charge in [-0.3, -0.25) is 14.7 Å². The summed E-state index contributed by atoms with van der Waals surface area (Å²) in [5.41, 5.74) is 0.109. The number of halogens is 6. The Hall–Kier alpha value is -0.800. The van der Waals surface area contributed by atoms with E-state index >= 15 is 0 Å². The summed E-state index contributed by atoms with van der Waals surface area (Å²) < 4.78 is 39.6. The molecule has 0 spiro atoms. The molecule has 1 saturated heterocycles. The van der Waals surface area contributed by atoms with Gasteiger partial charge in [0.25, 0.3) is 5.91 Å². The van der Waals surface area contributed by atoms with Gasteiger partial charge in [-0.25, -0.2) is 0 Å². The van der Waals surface area contributed by atoms with E-state index in [1.807, 2.05) is 0 Å². The summed E-state index contributed by atoms with van der Waals surface area (Å²) in [4.78, 5) is 17.0. The van der Waals surface area contributed by atoms with Crippen LogP contribution in [0.5, 0.6) is 0 Å². The average Bonchev–Trinajstić information content (AvgIpc) is 2.47. The zero-order chi connectivity index (χ0) is 16.2. The molecule has 1 aromatic rings. The second-order valence-corrected chi connectivity index (χ2v) is 5.32. The van der Waals surface area contributed by atoms with Crippen molar-refractivity contribution in [1.82, 2.24) is 20.5 Å². The monoisotopic (exact) mass is 408 g/mol. The number of aromatic nitrogens is 1. The molecule has 5 nitrogen and oxygen atoms in total. The molecule has 1 aromatic heterocycles. The lowest BCUT2D eigenvalue weighted by Gasteiger charge is -2.35. The van der Waals surface area contributed by atoms with Gasteiger partial charge < -0.3 is 10.6 Å². The molecule has 1 fully saturated rings. The first-order valence-electron chi connectivity index (χ1n) is 6.79. The van der Waals surface area contributed by atoms with Crippen LogP contribution in [0.3, 0.4) is 0 Å². The normalized spacial score (nSPS) is 16.5. The minimum atomic E-state index is -4.41. The van der Waals surface area contributed by atoms with E-state index in [9.17, 15) is 18.0 Å². The Balaban J connectivity index is 0.00000264. The molecule has 0 aromatic carbocycles. The van der Waals surface area contributed by atoms with Gasteiger partial charge in [0.1, 0.15) is 6.04 Å². The highest BCUT2D eigenvalue weighted by atomic mass is 35.5. The Morgan fingerprint density at radius 1 is 1.38 bits per heavy atom. The topological polar surface area (TPSA) is 57.3 Å². The second kappa shape index (κ2) is 10.2. The molecule has 11 heteroatoms. The summed E-state index contributed by atoms with van der Waals surface area (Å²) in [5, 5.41) is 5.41. The van der Waals surface area contributed by atoms with Gasteiger partial charge in [0.15, 0.2) is 0 Å². The summed E-state index contributed by atoms with van der Waals surface area (Å²) in [7, 11) is 0. The van der Waals surface area contributed by atoms with Crippen molar-refractivity contribution in [3.05, 3.63) is 29.0 Å². The van der Waals surface area contributed by atoms with Gasteiger partial charge in [0.05, 0.1) is 10.6 Å².